The van der Waals surface area contributed by atoms with Crippen molar-refractivity contribution in [3.8, 4) is 0 Å². The summed E-state index contributed by atoms with van der Waals surface area (Å²) in [6.45, 7) is 10.1. The quantitative estimate of drug-likeness (QED) is 0.516. The summed E-state index contributed by atoms with van der Waals surface area (Å²) in [6, 6.07) is 0. The molecule has 34 heavy (non-hydrogen) atoms. The molecular weight excluding hydrogens is 434 g/mol. The van der Waals surface area contributed by atoms with E-state index in [1.54, 1.807) is 0 Å². The fourth-order valence-corrected chi connectivity index (χ4v) is 3.39. The third kappa shape index (κ3) is 37.7. The van der Waals surface area contributed by atoms with Crippen molar-refractivity contribution in [3.05, 3.63) is 0 Å². The molecule has 7 nitrogen and oxygen atoms in total. The number of nitrogens with zero attached hydrogens (tertiary/aromatic N) is 1. The molecule has 2 N–H and O–H groups in total. The smallest absolute Gasteiger partial charge is 0.219 e. The number of carbonyl (C=O) groups excluding carboxylic acids is 4. The van der Waals surface area contributed by atoms with E-state index in [0.29, 0.717) is 13.1 Å². The summed E-state index contributed by atoms with van der Waals surface area (Å²) in [5.74, 6) is 0.955. The van der Waals surface area contributed by atoms with Crippen LogP contribution in [0, 0.1) is 5.92 Å². The molecule has 2 fully saturated rings. The number of Topliss-reactive ketones (excluding diaryl/α,β-unsaturated/α-hetero) is 3. The maximum atomic E-state index is 10.6. The van der Waals surface area contributed by atoms with Crippen molar-refractivity contribution >= 4 is 23.3 Å². The molecule has 1 amide bonds. The highest BCUT2D eigenvalue weighted by Crippen LogP contribution is 2.22. The van der Waals surface area contributed by atoms with Crippen LogP contribution in [-0.2, 0) is 19.2 Å². The second-order valence-corrected chi connectivity index (χ2v) is 9.31. The largest absolute Gasteiger partial charge is 0.395 e. The van der Waals surface area contributed by atoms with Crippen LogP contribution in [-0.4, -0.2) is 64.7 Å². The Morgan fingerprint density at radius 3 is 1.09 bits per heavy atom. The molecule has 0 heterocycles. The Morgan fingerprint density at radius 2 is 0.941 bits per heavy atom. The minimum absolute atomic E-state index is 0.0560. The van der Waals surface area contributed by atoms with Crippen molar-refractivity contribution in [1.82, 2.24) is 4.90 Å². The van der Waals surface area contributed by atoms with Crippen LogP contribution in [0.15, 0.2) is 0 Å². The van der Waals surface area contributed by atoms with Crippen molar-refractivity contribution in [3.63, 3.8) is 0 Å². The summed E-state index contributed by atoms with van der Waals surface area (Å²) < 4.78 is 0. The van der Waals surface area contributed by atoms with Crippen molar-refractivity contribution in [2.24, 2.45) is 5.92 Å². The number of hydrogen-bond acceptors (Lipinski definition) is 6. The van der Waals surface area contributed by atoms with Crippen LogP contribution in [0.3, 0.4) is 0 Å². The second-order valence-electron chi connectivity index (χ2n) is 9.31. The molecule has 0 unspecified atom stereocenters. The van der Waals surface area contributed by atoms with E-state index in [9.17, 15) is 19.2 Å². The molecule has 0 aromatic rings. The highest BCUT2D eigenvalue weighted by atomic mass is 16.3. The molecule has 2 aliphatic carbocycles. The highest BCUT2D eigenvalue weighted by Gasteiger charge is 2.06. The topological polar surface area (TPSA) is 112 Å². The predicted octanol–water partition coefficient (Wildman–Crippen LogP) is 4.90. The summed E-state index contributed by atoms with van der Waals surface area (Å²) in [5.41, 5.74) is 0. The van der Waals surface area contributed by atoms with Gasteiger partial charge >= 0.3 is 0 Å². The number of aliphatic hydroxyl groups is 2. The maximum Gasteiger partial charge on any atom is 0.219 e. The molecule has 2 saturated carbocycles. The molecule has 7 heteroatoms. The SMILES string of the molecule is C1CCCCC1.CC(=O)CC(C)=O.CC(=O)N(CCO)CCO.CC(C)=O.CC1CCCCC1. The molecule has 0 aromatic carbocycles. The van der Waals surface area contributed by atoms with E-state index in [1.165, 1.54) is 110 Å². The van der Waals surface area contributed by atoms with E-state index in [-0.39, 0.29) is 42.9 Å². The lowest BCUT2D eigenvalue weighted by molar-refractivity contribution is -0.130. The van der Waals surface area contributed by atoms with E-state index in [4.69, 9.17) is 10.2 Å². The molecule has 0 radical (unpaired) electrons. The van der Waals surface area contributed by atoms with Crippen molar-refractivity contribution < 1.29 is 29.4 Å². The van der Waals surface area contributed by atoms with Gasteiger partial charge in [0, 0.05) is 20.0 Å². The Morgan fingerprint density at radius 1 is 0.647 bits per heavy atom. The van der Waals surface area contributed by atoms with E-state index >= 15 is 0 Å². The van der Waals surface area contributed by atoms with E-state index < -0.39 is 0 Å². The lowest BCUT2D eigenvalue weighted by Crippen LogP contribution is -2.33. The van der Waals surface area contributed by atoms with Gasteiger partial charge in [-0.25, -0.2) is 0 Å². The molecular formula is C27H53NO6. The van der Waals surface area contributed by atoms with Crippen LogP contribution in [0.1, 0.15) is 119 Å². The van der Waals surface area contributed by atoms with Gasteiger partial charge in [-0.2, -0.15) is 0 Å². The zero-order valence-corrected chi connectivity index (χ0v) is 22.9. The lowest BCUT2D eigenvalue weighted by atomic mass is 9.91. The van der Waals surface area contributed by atoms with Crippen LogP contribution in [0.5, 0.6) is 0 Å². The van der Waals surface area contributed by atoms with Gasteiger partial charge < -0.3 is 19.9 Å². The Labute approximate surface area is 208 Å². The highest BCUT2D eigenvalue weighted by molar-refractivity contribution is 5.96. The van der Waals surface area contributed by atoms with Crippen LogP contribution in [0.2, 0.25) is 0 Å². The first-order valence-electron chi connectivity index (χ1n) is 12.9. The fraction of sp³-hybridized carbons (Fsp3) is 0.852. The van der Waals surface area contributed by atoms with Crippen molar-refractivity contribution in [1.29, 1.82) is 0 Å². The number of rotatable bonds is 6. The Bertz CT molecular complexity index is 478. The van der Waals surface area contributed by atoms with E-state index in [1.807, 2.05) is 0 Å². The van der Waals surface area contributed by atoms with Crippen LogP contribution in [0.4, 0.5) is 0 Å². The van der Waals surface area contributed by atoms with E-state index in [2.05, 4.69) is 6.92 Å². The molecule has 2 rings (SSSR count). The van der Waals surface area contributed by atoms with Crippen LogP contribution in [0.25, 0.3) is 0 Å². The fourth-order valence-electron chi connectivity index (χ4n) is 3.39. The molecule has 202 valence electrons. The molecule has 0 aliphatic heterocycles. The average molecular weight is 488 g/mol. The van der Waals surface area contributed by atoms with E-state index in [0.717, 1.165) is 5.92 Å². The second kappa shape index (κ2) is 27.6. The number of carbonyl (C=O) groups is 4. The first kappa shape index (κ1) is 37.0. The first-order chi connectivity index (χ1) is 16.0. The number of hydrogen-bond donors (Lipinski definition) is 2. The van der Waals surface area contributed by atoms with Gasteiger partial charge in [-0.05, 0) is 33.6 Å². The third-order valence-corrected chi connectivity index (χ3v) is 5.08. The number of ketones is 3. The summed E-state index contributed by atoms with van der Waals surface area (Å²) in [4.78, 5) is 41.5. The Balaban J connectivity index is -0.000000363. The van der Waals surface area contributed by atoms with Crippen molar-refractivity contribution in [2.75, 3.05) is 26.3 Å². The third-order valence-electron chi connectivity index (χ3n) is 5.08. The number of amides is 1. The summed E-state index contributed by atoms with van der Waals surface area (Å²) in [5, 5.41) is 16.9. The maximum absolute atomic E-state index is 10.6. The van der Waals surface area contributed by atoms with Gasteiger partial charge in [0.1, 0.15) is 17.3 Å². The zero-order chi connectivity index (χ0) is 26.8. The summed E-state index contributed by atoms with van der Waals surface area (Å²) in [7, 11) is 0. The molecule has 0 spiro atoms. The normalized spacial score (nSPS) is 14.7. The molecule has 0 saturated heterocycles. The Kier molecular flexibility index (Phi) is 30.0. The summed E-state index contributed by atoms with van der Waals surface area (Å²) >= 11 is 0. The van der Waals surface area contributed by atoms with Gasteiger partial charge in [-0.1, -0.05) is 77.6 Å². The van der Waals surface area contributed by atoms with Gasteiger partial charge in [0.2, 0.25) is 5.91 Å². The molecule has 0 bridgehead atoms. The average Bonchev–Trinajstić information content (AvgIpc) is 2.75. The monoisotopic (exact) mass is 487 g/mol. The van der Waals surface area contributed by atoms with Crippen molar-refractivity contribution in [2.45, 2.75) is 119 Å². The number of aliphatic hydroxyl groups excluding tert-OH is 2. The standard InChI is InChI=1S/C7H14.C6H13NO3.C6H12.C5H8O2.C3H6O/c1-7-5-3-2-4-6-7;1-6(10)7(2-4-8)3-5-9;1-2-4-6-5-3-1;1-4(6)3-5(2)7;1-3(2)4/h7H,2-6H2,1H3;8-9H,2-5H2,1H3;1-6H2;3H2,1-2H3;1-2H3. The molecule has 2 aliphatic rings. The molecule has 0 aromatic heterocycles. The first-order valence-corrected chi connectivity index (χ1v) is 12.9. The predicted molar refractivity (Wildman–Crippen MR) is 139 cm³/mol. The lowest BCUT2D eigenvalue weighted by Gasteiger charge is -2.17. The zero-order valence-electron chi connectivity index (χ0n) is 22.9. The van der Waals surface area contributed by atoms with Gasteiger partial charge in [-0.15, -0.1) is 0 Å². The van der Waals surface area contributed by atoms with Gasteiger partial charge in [0.25, 0.3) is 0 Å². The minimum Gasteiger partial charge on any atom is -0.395 e. The molecule has 0 atom stereocenters. The van der Waals surface area contributed by atoms with Gasteiger partial charge in [0.05, 0.1) is 19.6 Å². The van der Waals surface area contributed by atoms with Crippen LogP contribution < -0.4 is 0 Å². The summed E-state index contributed by atoms with van der Waals surface area (Å²) in [6.07, 6.45) is 16.5. The van der Waals surface area contributed by atoms with Gasteiger partial charge in [-0.3, -0.25) is 14.4 Å². The van der Waals surface area contributed by atoms with Crippen LogP contribution >= 0.6 is 0 Å². The minimum atomic E-state index is -0.122. The Hall–Kier alpha value is -1.60. The van der Waals surface area contributed by atoms with Gasteiger partial charge in [0.15, 0.2) is 0 Å².